The van der Waals surface area contributed by atoms with Gasteiger partial charge in [-0.15, -0.1) is 0 Å². The van der Waals surface area contributed by atoms with Gasteiger partial charge in [-0.3, -0.25) is 0 Å². The van der Waals surface area contributed by atoms with E-state index in [-0.39, 0.29) is 11.6 Å². The highest BCUT2D eigenvalue weighted by atomic mass is 16.5. The molecule has 0 spiro atoms. The summed E-state index contributed by atoms with van der Waals surface area (Å²) in [7, 11) is 0. The standard InChI is InChI=1S/C40H37N3O3/c1-25(22-28-12-5-4-6-13-28)35-24-43-23-34(26(2)27(3)39(43)41-35)33-18-10-17-31-32(38(40(44)45)42-37(31)33)19-11-21-46-36-20-9-15-29-14-7-8-16-30(29)36/h4-10,12-18,20,23-25,42H,11,19,21-22H2,1-3H3,(H,44,45). The van der Waals surface area contributed by atoms with Crippen molar-refractivity contribution in [2.75, 3.05) is 6.61 Å². The number of aromatic amines is 1. The monoisotopic (exact) mass is 607 g/mol. The highest BCUT2D eigenvalue weighted by molar-refractivity contribution is 6.03. The van der Waals surface area contributed by atoms with Gasteiger partial charge in [-0.1, -0.05) is 91.9 Å². The Morgan fingerprint density at radius 1 is 0.870 bits per heavy atom. The summed E-state index contributed by atoms with van der Waals surface area (Å²) in [6.07, 6.45) is 6.46. The molecule has 7 aromatic rings. The number of rotatable bonds is 10. The van der Waals surface area contributed by atoms with Gasteiger partial charge in [-0.2, -0.15) is 0 Å². The Bertz CT molecular complexity index is 2210. The highest BCUT2D eigenvalue weighted by Crippen LogP contribution is 2.36. The number of aromatic nitrogens is 3. The molecule has 1 atom stereocenters. The lowest BCUT2D eigenvalue weighted by Gasteiger charge is -2.12. The maximum atomic E-state index is 12.5. The van der Waals surface area contributed by atoms with Gasteiger partial charge in [-0.05, 0) is 66.8 Å². The first-order valence-corrected chi connectivity index (χ1v) is 15.9. The number of fused-ring (bicyclic) bond motifs is 3. The molecule has 230 valence electrons. The van der Waals surface area contributed by atoms with Crippen LogP contribution in [0.5, 0.6) is 5.75 Å². The molecule has 0 amide bonds. The molecule has 0 bridgehead atoms. The zero-order chi connectivity index (χ0) is 31.8. The third kappa shape index (κ3) is 5.40. The Morgan fingerprint density at radius 3 is 2.43 bits per heavy atom. The van der Waals surface area contributed by atoms with Crippen molar-refractivity contribution in [1.82, 2.24) is 14.4 Å². The summed E-state index contributed by atoms with van der Waals surface area (Å²) in [5.74, 6) is 0.154. The lowest BCUT2D eigenvalue weighted by Crippen LogP contribution is -2.04. The van der Waals surface area contributed by atoms with Crippen LogP contribution >= 0.6 is 0 Å². The lowest BCUT2D eigenvalue weighted by atomic mass is 9.96. The third-order valence-corrected chi connectivity index (χ3v) is 9.23. The van der Waals surface area contributed by atoms with Gasteiger partial charge in [0.05, 0.1) is 17.8 Å². The Kier molecular flexibility index (Phi) is 7.79. The summed E-state index contributed by atoms with van der Waals surface area (Å²) < 4.78 is 8.30. The van der Waals surface area contributed by atoms with Crippen LogP contribution in [0.15, 0.2) is 103 Å². The predicted octanol–water partition coefficient (Wildman–Crippen LogP) is 9.31. The number of hydrogen-bond donors (Lipinski definition) is 2. The summed E-state index contributed by atoms with van der Waals surface area (Å²) in [6, 6.07) is 30.9. The Labute approximate surface area is 268 Å². The number of carboxylic acids is 1. The number of aromatic carboxylic acids is 1. The fourth-order valence-corrected chi connectivity index (χ4v) is 6.67. The van der Waals surface area contributed by atoms with E-state index >= 15 is 0 Å². The van der Waals surface area contributed by atoms with Crippen LogP contribution in [-0.2, 0) is 12.8 Å². The normalized spacial score (nSPS) is 12.2. The summed E-state index contributed by atoms with van der Waals surface area (Å²) >= 11 is 0. The van der Waals surface area contributed by atoms with Crippen LogP contribution in [0.3, 0.4) is 0 Å². The molecule has 4 aromatic carbocycles. The lowest BCUT2D eigenvalue weighted by molar-refractivity contribution is 0.0690. The molecular weight excluding hydrogens is 570 g/mol. The van der Waals surface area contributed by atoms with Crippen molar-refractivity contribution in [2.24, 2.45) is 0 Å². The molecule has 6 nitrogen and oxygen atoms in total. The number of H-pyrrole nitrogens is 1. The molecule has 7 rings (SSSR count). The largest absolute Gasteiger partial charge is 0.493 e. The van der Waals surface area contributed by atoms with E-state index in [4.69, 9.17) is 9.72 Å². The number of carboxylic acid groups (broad SMARTS) is 1. The number of nitrogens with zero attached hydrogens (tertiary/aromatic N) is 2. The highest BCUT2D eigenvalue weighted by Gasteiger charge is 2.21. The van der Waals surface area contributed by atoms with Crippen LogP contribution in [0.2, 0.25) is 0 Å². The maximum Gasteiger partial charge on any atom is 0.352 e. The Hall–Kier alpha value is -5.36. The van der Waals surface area contributed by atoms with E-state index in [1.54, 1.807) is 0 Å². The van der Waals surface area contributed by atoms with Crippen molar-refractivity contribution in [3.63, 3.8) is 0 Å². The first-order valence-electron chi connectivity index (χ1n) is 15.9. The van der Waals surface area contributed by atoms with Crippen molar-refractivity contribution < 1.29 is 14.6 Å². The molecule has 0 aliphatic heterocycles. The van der Waals surface area contributed by atoms with Gasteiger partial charge in [0, 0.05) is 40.2 Å². The van der Waals surface area contributed by atoms with Gasteiger partial charge in [0.1, 0.15) is 17.1 Å². The average molecular weight is 608 g/mol. The molecule has 1 unspecified atom stereocenters. The summed E-state index contributed by atoms with van der Waals surface area (Å²) in [5, 5.41) is 13.3. The maximum absolute atomic E-state index is 12.5. The Balaban J connectivity index is 1.19. The van der Waals surface area contributed by atoms with Gasteiger partial charge in [0.25, 0.3) is 0 Å². The number of aryl methyl sites for hydroxylation is 2. The number of hydrogen-bond acceptors (Lipinski definition) is 3. The zero-order valence-electron chi connectivity index (χ0n) is 26.4. The summed E-state index contributed by atoms with van der Waals surface area (Å²) in [5.41, 5.74) is 9.47. The van der Waals surface area contributed by atoms with Crippen LogP contribution in [-0.4, -0.2) is 32.1 Å². The number of carbonyl (C=O) groups is 1. The van der Waals surface area contributed by atoms with Crippen molar-refractivity contribution in [3.8, 4) is 16.9 Å². The van der Waals surface area contributed by atoms with Crippen molar-refractivity contribution >= 4 is 33.3 Å². The second-order valence-electron chi connectivity index (χ2n) is 12.2. The van der Waals surface area contributed by atoms with Crippen LogP contribution in [0, 0.1) is 13.8 Å². The SMILES string of the molecule is Cc1c(-c2cccc3c(CCCOc4cccc5ccccc45)c(C(=O)O)[nH]c23)cn2cc(C(C)Cc3ccccc3)nc2c1C. The van der Waals surface area contributed by atoms with E-state index in [9.17, 15) is 9.90 Å². The minimum absolute atomic E-state index is 0.239. The molecule has 0 radical (unpaired) electrons. The first kappa shape index (κ1) is 29.4. The van der Waals surface area contributed by atoms with E-state index in [0.717, 1.165) is 73.0 Å². The fourth-order valence-electron chi connectivity index (χ4n) is 6.67. The number of pyridine rings is 1. The van der Waals surface area contributed by atoms with E-state index in [0.29, 0.717) is 19.4 Å². The molecule has 2 N–H and O–H groups in total. The molecular formula is C40H37N3O3. The van der Waals surface area contributed by atoms with Gasteiger partial charge in [0.2, 0.25) is 0 Å². The van der Waals surface area contributed by atoms with Crippen LogP contribution in [0.1, 0.15) is 57.7 Å². The molecule has 0 saturated carbocycles. The molecule has 0 saturated heterocycles. The molecule has 46 heavy (non-hydrogen) atoms. The number of imidazole rings is 1. The van der Waals surface area contributed by atoms with Gasteiger partial charge in [0.15, 0.2) is 0 Å². The first-order chi connectivity index (χ1) is 22.4. The van der Waals surface area contributed by atoms with E-state index in [1.807, 2.05) is 42.5 Å². The van der Waals surface area contributed by atoms with Crippen molar-refractivity contribution in [2.45, 2.75) is 46.0 Å². The average Bonchev–Trinajstić information content (AvgIpc) is 3.68. The number of para-hydroxylation sites is 1. The van der Waals surface area contributed by atoms with Crippen LogP contribution < -0.4 is 4.74 Å². The molecule has 0 aliphatic carbocycles. The number of nitrogens with one attached hydrogen (secondary N) is 1. The second-order valence-corrected chi connectivity index (χ2v) is 12.2. The zero-order valence-corrected chi connectivity index (χ0v) is 26.4. The second kappa shape index (κ2) is 12.2. The van der Waals surface area contributed by atoms with Crippen LogP contribution in [0.4, 0.5) is 0 Å². The molecule has 3 heterocycles. The quantitative estimate of drug-likeness (QED) is 0.152. The third-order valence-electron chi connectivity index (χ3n) is 9.23. The minimum Gasteiger partial charge on any atom is -0.493 e. The topological polar surface area (TPSA) is 79.6 Å². The number of benzene rings is 4. The molecule has 3 aromatic heterocycles. The molecule has 0 fully saturated rings. The van der Waals surface area contributed by atoms with Gasteiger partial charge in [-0.25, -0.2) is 9.78 Å². The Morgan fingerprint density at radius 2 is 1.61 bits per heavy atom. The predicted molar refractivity (Wildman–Crippen MR) is 185 cm³/mol. The van der Waals surface area contributed by atoms with Crippen molar-refractivity contribution in [1.29, 1.82) is 0 Å². The van der Waals surface area contributed by atoms with Gasteiger partial charge >= 0.3 is 5.97 Å². The summed E-state index contributed by atoms with van der Waals surface area (Å²) in [4.78, 5) is 20.8. The van der Waals surface area contributed by atoms with Crippen molar-refractivity contribution in [3.05, 3.63) is 137 Å². The number of ether oxygens (including phenoxy) is 1. The van der Waals surface area contributed by atoms with Gasteiger partial charge < -0.3 is 19.2 Å². The summed E-state index contributed by atoms with van der Waals surface area (Å²) in [6.45, 7) is 6.95. The molecule has 0 aliphatic rings. The van der Waals surface area contributed by atoms with E-state index in [2.05, 4.69) is 91.1 Å². The van der Waals surface area contributed by atoms with E-state index < -0.39 is 5.97 Å². The van der Waals surface area contributed by atoms with Crippen LogP contribution in [0.25, 0.3) is 38.4 Å². The molecule has 6 heteroatoms. The minimum atomic E-state index is -0.956. The fraction of sp³-hybridized carbons (Fsp3) is 0.200. The van der Waals surface area contributed by atoms with E-state index in [1.165, 1.54) is 5.56 Å². The smallest absolute Gasteiger partial charge is 0.352 e.